The third kappa shape index (κ3) is 9.85. The molecule has 0 amide bonds. The molecular formula is C18H33N3O3. The van der Waals surface area contributed by atoms with Crippen LogP contribution in [0.15, 0.2) is 24.3 Å². The molecule has 0 saturated heterocycles. The van der Waals surface area contributed by atoms with Crippen molar-refractivity contribution in [2.75, 3.05) is 71.6 Å². The Bertz CT molecular complexity index is 418. The second kappa shape index (κ2) is 14.2. The Morgan fingerprint density at radius 3 is 2.33 bits per heavy atom. The van der Waals surface area contributed by atoms with E-state index in [1.807, 2.05) is 7.05 Å². The van der Waals surface area contributed by atoms with Gasteiger partial charge in [-0.1, -0.05) is 19.1 Å². The SMILES string of the molecule is CNCC(C)c1cccc(NCCOCCOCCOCCN)c1. The van der Waals surface area contributed by atoms with Gasteiger partial charge in [-0.15, -0.1) is 0 Å². The first-order valence-electron chi connectivity index (χ1n) is 8.69. The molecule has 0 aromatic heterocycles. The van der Waals surface area contributed by atoms with Crippen molar-refractivity contribution in [1.82, 2.24) is 5.32 Å². The van der Waals surface area contributed by atoms with Crippen molar-refractivity contribution in [2.24, 2.45) is 5.73 Å². The maximum absolute atomic E-state index is 5.54. The highest BCUT2D eigenvalue weighted by atomic mass is 16.5. The summed E-state index contributed by atoms with van der Waals surface area (Å²) in [6.45, 7) is 8.12. The summed E-state index contributed by atoms with van der Waals surface area (Å²) in [6, 6.07) is 8.54. The van der Waals surface area contributed by atoms with Crippen LogP contribution in [0.2, 0.25) is 0 Å². The van der Waals surface area contributed by atoms with E-state index >= 15 is 0 Å². The zero-order chi connectivity index (χ0) is 17.5. The average molecular weight is 339 g/mol. The normalized spacial score (nSPS) is 12.3. The molecule has 1 rings (SSSR count). The molecule has 24 heavy (non-hydrogen) atoms. The van der Waals surface area contributed by atoms with Crippen molar-refractivity contribution in [2.45, 2.75) is 12.8 Å². The highest BCUT2D eigenvalue weighted by molar-refractivity contribution is 5.46. The van der Waals surface area contributed by atoms with E-state index < -0.39 is 0 Å². The molecule has 4 N–H and O–H groups in total. The number of nitrogens with two attached hydrogens (primary N) is 1. The number of nitrogens with one attached hydrogen (secondary N) is 2. The van der Waals surface area contributed by atoms with Gasteiger partial charge in [-0.05, 0) is 30.7 Å². The number of hydrogen-bond acceptors (Lipinski definition) is 6. The van der Waals surface area contributed by atoms with E-state index in [2.05, 4.69) is 41.8 Å². The molecule has 0 spiro atoms. The lowest BCUT2D eigenvalue weighted by Gasteiger charge is -2.13. The first-order chi connectivity index (χ1) is 11.8. The van der Waals surface area contributed by atoms with Crippen LogP contribution in [0.25, 0.3) is 0 Å². The van der Waals surface area contributed by atoms with Crippen molar-refractivity contribution in [3.05, 3.63) is 29.8 Å². The first-order valence-corrected chi connectivity index (χ1v) is 8.69. The van der Waals surface area contributed by atoms with Gasteiger partial charge in [0.2, 0.25) is 0 Å². The zero-order valence-corrected chi connectivity index (χ0v) is 15.1. The van der Waals surface area contributed by atoms with E-state index in [0.717, 1.165) is 18.8 Å². The summed E-state index contributed by atoms with van der Waals surface area (Å²) in [5, 5.41) is 6.60. The van der Waals surface area contributed by atoms with E-state index in [-0.39, 0.29) is 0 Å². The molecule has 1 unspecified atom stereocenters. The summed E-state index contributed by atoms with van der Waals surface area (Å²) < 4.78 is 16.1. The molecule has 0 fully saturated rings. The summed E-state index contributed by atoms with van der Waals surface area (Å²) in [5.74, 6) is 0.499. The molecular weight excluding hydrogens is 306 g/mol. The Balaban J connectivity index is 2.04. The molecule has 0 aliphatic carbocycles. The van der Waals surface area contributed by atoms with Crippen LogP contribution in [0, 0.1) is 0 Å². The van der Waals surface area contributed by atoms with Gasteiger partial charge in [0.1, 0.15) is 0 Å². The van der Waals surface area contributed by atoms with Crippen LogP contribution in [0.3, 0.4) is 0 Å². The molecule has 0 aliphatic heterocycles. The highest BCUT2D eigenvalue weighted by Gasteiger charge is 2.04. The molecule has 0 aliphatic rings. The molecule has 1 aromatic carbocycles. The zero-order valence-electron chi connectivity index (χ0n) is 15.1. The second-order valence-corrected chi connectivity index (χ2v) is 5.64. The molecule has 0 heterocycles. The van der Waals surface area contributed by atoms with Crippen LogP contribution in [0.4, 0.5) is 5.69 Å². The van der Waals surface area contributed by atoms with Gasteiger partial charge in [0.05, 0.1) is 39.6 Å². The van der Waals surface area contributed by atoms with Gasteiger partial charge in [0.15, 0.2) is 0 Å². The van der Waals surface area contributed by atoms with Gasteiger partial charge in [-0.2, -0.15) is 0 Å². The van der Waals surface area contributed by atoms with Crippen LogP contribution in [-0.2, 0) is 14.2 Å². The fourth-order valence-electron chi connectivity index (χ4n) is 2.27. The highest BCUT2D eigenvalue weighted by Crippen LogP contribution is 2.18. The summed E-state index contributed by atoms with van der Waals surface area (Å²) in [7, 11) is 1.98. The summed E-state index contributed by atoms with van der Waals surface area (Å²) in [5.41, 5.74) is 7.79. The molecule has 0 saturated carbocycles. The Labute approximate surface area is 146 Å². The van der Waals surface area contributed by atoms with E-state index in [4.69, 9.17) is 19.9 Å². The molecule has 0 bridgehead atoms. The van der Waals surface area contributed by atoms with Gasteiger partial charge >= 0.3 is 0 Å². The molecule has 1 atom stereocenters. The molecule has 0 radical (unpaired) electrons. The Kier molecular flexibility index (Phi) is 12.3. The van der Waals surface area contributed by atoms with E-state index in [0.29, 0.717) is 52.1 Å². The quantitative estimate of drug-likeness (QED) is 0.420. The molecule has 6 nitrogen and oxygen atoms in total. The monoisotopic (exact) mass is 339 g/mol. The third-order valence-corrected chi connectivity index (χ3v) is 3.55. The number of hydrogen-bond donors (Lipinski definition) is 3. The number of likely N-dealkylation sites (N-methyl/N-ethyl adjacent to an activating group) is 1. The van der Waals surface area contributed by atoms with Crippen molar-refractivity contribution >= 4 is 5.69 Å². The molecule has 6 heteroatoms. The summed E-state index contributed by atoms with van der Waals surface area (Å²) >= 11 is 0. The largest absolute Gasteiger partial charge is 0.383 e. The summed E-state index contributed by atoms with van der Waals surface area (Å²) in [4.78, 5) is 0. The van der Waals surface area contributed by atoms with Crippen molar-refractivity contribution in [3.8, 4) is 0 Å². The molecule has 138 valence electrons. The molecule has 1 aromatic rings. The minimum absolute atomic E-state index is 0.499. The number of rotatable bonds is 15. The minimum Gasteiger partial charge on any atom is -0.383 e. The van der Waals surface area contributed by atoms with E-state index in [9.17, 15) is 0 Å². The van der Waals surface area contributed by atoms with Crippen LogP contribution in [-0.4, -0.2) is 66.3 Å². The van der Waals surface area contributed by atoms with Crippen LogP contribution >= 0.6 is 0 Å². The van der Waals surface area contributed by atoms with Crippen molar-refractivity contribution < 1.29 is 14.2 Å². The lowest BCUT2D eigenvalue weighted by atomic mass is 10.0. The lowest BCUT2D eigenvalue weighted by Crippen LogP contribution is -2.16. The summed E-state index contributed by atoms with van der Waals surface area (Å²) in [6.07, 6.45) is 0. The first kappa shape index (κ1) is 20.9. The Morgan fingerprint density at radius 2 is 1.67 bits per heavy atom. The van der Waals surface area contributed by atoms with Gasteiger partial charge < -0.3 is 30.6 Å². The third-order valence-electron chi connectivity index (χ3n) is 3.55. The van der Waals surface area contributed by atoms with Gasteiger partial charge in [-0.3, -0.25) is 0 Å². The number of anilines is 1. The smallest absolute Gasteiger partial charge is 0.0701 e. The maximum Gasteiger partial charge on any atom is 0.0701 e. The van der Waals surface area contributed by atoms with Crippen LogP contribution in [0.5, 0.6) is 0 Å². The van der Waals surface area contributed by atoms with Gasteiger partial charge in [0, 0.05) is 25.3 Å². The maximum atomic E-state index is 5.54. The van der Waals surface area contributed by atoms with Crippen LogP contribution < -0.4 is 16.4 Å². The van der Waals surface area contributed by atoms with Crippen molar-refractivity contribution in [3.63, 3.8) is 0 Å². The average Bonchev–Trinajstić information content (AvgIpc) is 2.60. The fraction of sp³-hybridized carbons (Fsp3) is 0.667. The van der Waals surface area contributed by atoms with Crippen LogP contribution in [0.1, 0.15) is 18.4 Å². The van der Waals surface area contributed by atoms with Gasteiger partial charge in [0.25, 0.3) is 0 Å². The predicted molar refractivity (Wildman–Crippen MR) is 98.8 cm³/mol. The van der Waals surface area contributed by atoms with E-state index in [1.165, 1.54) is 5.56 Å². The second-order valence-electron chi connectivity index (χ2n) is 5.64. The fourth-order valence-corrected chi connectivity index (χ4v) is 2.27. The minimum atomic E-state index is 0.499. The predicted octanol–water partition coefficient (Wildman–Crippen LogP) is 1.43. The van der Waals surface area contributed by atoms with Crippen molar-refractivity contribution in [1.29, 1.82) is 0 Å². The lowest BCUT2D eigenvalue weighted by molar-refractivity contribution is 0.0179. The number of ether oxygens (including phenoxy) is 3. The number of benzene rings is 1. The topological polar surface area (TPSA) is 77.8 Å². The Morgan fingerprint density at radius 1 is 1.00 bits per heavy atom. The van der Waals surface area contributed by atoms with Gasteiger partial charge in [-0.25, -0.2) is 0 Å². The standard InChI is InChI=1S/C18H33N3O3/c1-16(15-20-2)17-4-3-5-18(14-17)21-7-9-23-11-13-24-12-10-22-8-6-19/h3-5,14,16,20-21H,6-13,15,19H2,1-2H3. The Hall–Kier alpha value is -1.18. The van der Waals surface area contributed by atoms with E-state index in [1.54, 1.807) is 0 Å².